The summed E-state index contributed by atoms with van der Waals surface area (Å²) in [6.07, 6.45) is 9.64. The number of para-hydroxylation sites is 1. The number of ether oxygens (including phenoxy) is 4. The maximum Gasteiger partial charge on any atom is 0.516 e. The number of allylic oxidation sites excluding steroid dienone is 1. The second-order valence-corrected chi connectivity index (χ2v) is 13.4. The van der Waals surface area contributed by atoms with Gasteiger partial charge < -0.3 is 39.6 Å². The largest absolute Gasteiger partial charge is 0.516 e. The first-order valence-electron chi connectivity index (χ1n) is 19.2. The van der Waals surface area contributed by atoms with E-state index in [4.69, 9.17) is 18.9 Å². The zero-order valence-electron chi connectivity index (χ0n) is 32.7. The van der Waals surface area contributed by atoms with Gasteiger partial charge in [0.15, 0.2) is 5.60 Å². The Morgan fingerprint density at radius 3 is 2.09 bits per heavy atom. The van der Waals surface area contributed by atoms with E-state index in [1.165, 1.54) is 24.6 Å². The van der Waals surface area contributed by atoms with Gasteiger partial charge >= 0.3 is 24.1 Å². The highest BCUT2D eigenvalue weighted by Gasteiger charge is 2.49. The Morgan fingerprint density at radius 1 is 0.825 bits per heavy atom. The molecule has 0 aliphatic carbocycles. The number of aliphatic carboxylic acids is 2. The summed E-state index contributed by atoms with van der Waals surface area (Å²) < 4.78 is 20.5. The van der Waals surface area contributed by atoms with Crippen LogP contribution in [0.25, 0.3) is 0 Å². The number of carboxylic acids is 2. The Hall–Kier alpha value is -5.68. The molecule has 0 unspecified atom stereocenters. The number of hydrogen-bond donors (Lipinski definition) is 4. The van der Waals surface area contributed by atoms with Crippen molar-refractivity contribution in [2.45, 2.75) is 115 Å². The zero-order chi connectivity index (χ0) is 41.9. The number of nitrogens with one attached hydrogen (secondary N) is 1. The van der Waals surface area contributed by atoms with Crippen molar-refractivity contribution in [1.82, 2.24) is 5.32 Å². The molecule has 4 N–H and O–H groups in total. The molecule has 0 saturated heterocycles. The molecule has 0 radical (unpaired) electrons. The van der Waals surface area contributed by atoms with Crippen LogP contribution in [0.3, 0.4) is 0 Å². The topological polar surface area (TPSA) is 212 Å². The van der Waals surface area contributed by atoms with E-state index in [1.54, 1.807) is 49.4 Å². The van der Waals surface area contributed by atoms with Crippen molar-refractivity contribution in [1.29, 1.82) is 0 Å². The van der Waals surface area contributed by atoms with Gasteiger partial charge in [0.1, 0.15) is 29.9 Å². The summed E-state index contributed by atoms with van der Waals surface area (Å²) >= 11 is 0. The van der Waals surface area contributed by atoms with Gasteiger partial charge in [-0.15, -0.1) is 5.92 Å². The molecule has 0 spiro atoms. The van der Waals surface area contributed by atoms with Crippen molar-refractivity contribution >= 4 is 35.8 Å². The molecule has 0 saturated carbocycles. The van der Waals surface area contributed by atoms with Crippen molar-refractivity contribution < 1.29 is 63.0 Å². The zero-order valence-corrected chi connectivity index (χ0v) is 32.7. The molecule has 2 rings (SSSR count). The molecule has 0 fully saturated rings. The molecular formula is C43H55NO13. The summed E-state index contributed by atoms with van der Waals surface area (Å²) in [6.45, 7) is 3.05. The fourth-order valence-electron chi connectivity index (χ4n) is 5.69. The van der Waals surface area contributed by atoms with Crippen LogP contribution in [0, 0.1) is 17.8 Å². The first-order chi connectivity index (χ1) is 27.4. The lowest BCUT2D eigenvalue weighted by atomic mass is 9.82. The Balaban J connectivity index is 2.16. The third-order valence-corrected chi connectivity index (χ3v) is 8.83. The number of carboxylic acid groups (broad SMARTS) is 2. The minimum absolute atomic E-state index is 0.144. The number of ketones is 1. The van der Waals surface area contributed by atoms with Crippen molar-refractivity contribution in [2.24, 2.45) is 5.92 Å². The Morgan fingerprint density at radius 2 is 1.47 bits per heavy atom. The number of amides is 1. The molecule has 14 nitrogen and oxygen atoms in total. The predicted molar refractivity (Wildman–Crippen MR) is 209 cm³/mol. The number of aliphatic hydroxyl groups is 1. The third kappa shape index (κ3) is 19.2. The smallest absolute Gasteiger partial charge is 0.481 e. The number of hydrogen-bond acceptors (Lipinski definition) is 11. The highest BCUT2D eigenvalue weighted by molar-refractivity contribution is 5.95. The maximum absolute atomic E-state index is 13.8. The molecule has 1 amide bonds. The van der Waals surface area contributed by atoms with Gasteiger partial charge in [-0.3, -0.25) is 14.4 Å². The lowest BCUT2D eigenvalue weighted by molar-refractivity contribution is -0.172. The third-order valence-electron chi connectivity index (χ3n) is 8.83. The van der Waals surface area contributed by atoms with E-state index in [2.05, 4.69) is 24.1 Å². The molecule has 14 heteroatoms. The van der Waals surface area contributed by atoms with Crippen LogP contribution in [0.15, 0.2) is 66.7 Å². The van der Waals surface area contributed by atoms with E-state index in [0.717, 1.165) is 51.0 Å². The number of carbonyl (C=O) groups excluding carboxylic acids is 4. The second-order valence-electron chi connectivity index (χ2n) is 13.4. The quantitative estimate of drug-likeness (QED) is 0.0180. The van der Waals surface area contributed by atoms with Gasteiger partial charge in [0, 0.05) is 19.3 Å². The number of rotatable bonds is 28. The Bertz CT molecular complexity index is 1660. The molecule has 0 aromatic heterocycles. The fraction of sp³-hybridized carbons (Fsp3) is 0.488. The summed E-state index contributed by atoms with van der Waals surface area (Å²) in [4.78, 5) is 75.5. The number of Topliss-reactive ketones (excluding diaryl/α,β-unsaturated/α-hetero) is 1. The molecule has 3 atom stereocenters. The van der Waals surface area contributed by atoms with Crippen molar-refractivity contribution in [2.75, 3.05) is 13.4 Å². The summed E-state index contributed by atoms with van der Waals surface area (Å²) in [5.41, 5.74) is -2.60. The van der Waals surface area contributed by atoms with Crippen LogP contribution in [0.5, 0.6) is 11.5 Å². The van der Waals surface area contributed by atoms with Gasteiger partial charge in [-0.1, -0.05) is 93.9 Å². The molecule has 0 aliphatic rings. The van der Waals surface area contributed by atoms with Gasteiger partial charge in [0.2, 0.25) is 12.7 Å². The minimum atomic E-state index is -3.09. The first-order valence-corrected chi connectivity index (χ1v) is 19.2. The lowest BCUT2D eigenvalue weighted by Gasteiger charge is -2.29. The normalized spacial score (nSPS) is 12.9. The monoisotopic (exact) mass is 793 g/mol. The maximum atomic E-state index is 13.8. The Kier molecular flexibility index (Phi) is 22.5. The lowest BCUT2D eigenvalue weighted by Crippen LogP contribution is -2.55. The minimum Gasteiger partial charge on any atom is -0.481 e. The van der Waals surface area contributed by atoms with Crippen molar-refractivity contribution in [3.8, 4) is 23.3 Å². The molecule has 0 bridgehead atoms. The predicted octanol–water partition coefficient (Wildman–Crippen LogP) is 6.57. The Labute approximate surface area is 333 Å². The van der Waals surface area contributed by atoms with Gasteiger partial charge in [0.25, 0.3) is 0 Å². The van der Waals surface area contributed by atoms with Crippen molar-refractivity contribution in [3.63, 3.8) is 0 Å². The summed E-state index contributed by atoms with van der Waals surface area (Å²) in [5, 5.41) is 33.0. The van der Waals surface area contributed by atoms with Crippen LogP contribution < -0.4 is 14.8 Å². The van der Waals surface area contributed by atoms with Crippen molar-refractivity contribution in [3.05, 3.63) is 72.3 Å². The molecule has 0 aliphatic heterocycles. The summed E-state index contributed by atoms with van der Waals surface area (Å²) in [5.74, 6) is -1.49. The number of unbranched alkanes of at least 4 members (excludes halogenated alkanes) is 8. The summed E-state index contributed by atoms with van der Waals surface area (Å²) in [7, 11) is 0. The molecule has 57 heavy (non-hydrogen) atoms. The van der Waals surface area contributed by atoms with Crippen LogP contribution in [0.2, 0.25) is 0 Å². The standard InChI is InChI=1S/C43H55NO13/c1-3-5-7-10-14-19-33(45)20-15-11-8-9-12-18-23-36(43(53,41(50)51)30-38(46)47)39(48)44-37(29-32-24-26-34(27-25-32)54-28-6-4-2)40(49)55-31-56-42(52)57-35-21-16-13-17-22-35/h13,16-18,21-27,36-37,53H,3,5,7-12,14-15,19-20,28-31H2,1-2H3,(H,44,48)(H,46,47)(H,50,51)/t36-,37+,43+/m1/s1. The first kappa shape index (κ1) is 47.5. The van der Waals surface area contributed by atoms with E-state index in [0.29, 0.717) is 37.0 Å². The molecule has 0 heterocycles. The number of benzene rings is 2. The van der Waals surface area contributed by atoms with E-state index in [-0.39, 0.29) is 24.6 Å². The van der Waals surface area contributed by atoms with Crippen LogP contribution in [0.1, 0.15) is 103 Å². The molecular weight excluding hydrogens is 738 g/mol. The summed E-state index contributed by atoms with van der Waals surface area (Å²) in [6, 6.07) is 12.9. The fourth-order valence-corrected chi connectivity index (χ4v) is 5.69. The van der Waals surface area contributed by atoms with E-state index < -0.39 is 60.7 Å². The van der Waals surface area contributed by atoms with Crippen LogP contribution in [-0.4, -0.2) is 76.1 Å². The van der Waals surface area contributed by atoms with Crippen LogP contribution in [-0.2, 0) is 39.9 Å². The van der Waals surface area contributed by atoms with Gasteiger partial charge in [-0.2, -0.15) is 0 Å². The molecule has 2 aromatic rings. The SMILES string of the molecule is CC#CCOc1ccc(C[C@H](NC(=O)[C@@H](C=CCCCCCCC(=O)CCCCCCC)[C@@](O)(CC(=O)O)C(=O)O)C(=O)OCOC(=O)Oc2ccccc2)cc1. The molecule has 2 aromatic carbocycles. The van der Waals surface area contributed by atoms with Gasteiger partial charge in [-0.05, 0) is 62.4 Å². The van der Waals surface area contributed by atoms with Crippen LogP contribution in [0.4, 0.5) is 4.79 Å². The van der Waals surface area contributed by atoms with E-state index >= 15 is 0 Å². The number of carbonyl (C=O) groups is 6. The molecule has 310 valence electrons. The van der Waals surface area contributed by atoms with Crippen LogP contribution >= 0.6 is 0 Å². The number of esters is 1. The van der Waals surface area contributed by atoms with Gasteiger partial charge in [-0.25, -0.2) is 14.4 Å². The second kappa shape index (κ2) is 27.0. The van der Waals surface area contributed by atoms with E-state index in [1.807, 2.05) is 0 Å². The highest BCUT2D eigenvalue weighted by Crippen LogP contribution is 2.26. The highest BCUT2D eigenvalue weighted by atomic mass is 16.8. The van der Waals surface area contributed by atoms with Gasteiger partial charge in [0.05, 0.1) is 12.3 Å². The average Bonchev–Trinajstić information content (AvgIpc) is 3.17. The average molecular weight is 794 g/mol. The van der Waals surface area contributed by atoms with E-state index in [9.17, 15) is 44.1 Å².